The molecular formula is C16H19N2O3+. The van der Waals surface area contributed by atoms with Crippen LogP contribution in [0.5, 0.6) is 5.75 Å². The number of nitrogens with zero attached hydrogens (tertiary/aromatic N) is 1. The fourth-order valence-electron chi connectivity index (χ4n) is 2.65. The molecule has 0 spiro atoms. The monoisotopic (exact) mass is 287 g/mol. The van der Waals surface area contributed by atoms with Crippen molar-refractivity contribution in [1.82, 2.24) is 4.90 Å². The number of rotatable bonds is 3. The number of quaternary nitrogens is 1. The van der Waals surface area contributed by atoms with Crippen LogP contribution in [0.3, 0.4) is 0 Å². The molecule has 110 valence electrons. The highest BCUT2D eigenvalue weighted by atomic mass is 16.5. The third-order valence-corrected chi connectivity index (χ3v) is 3.88. The molecule has 0 aliphatic carbocycles. The maximum absolute atomic E-state index is 12.2. The SMILES string of the molecule is COc1ccc([NH+]2CCN(C(=O)c3ccco3)CC2)cc1. The van der Waals surface area contributed by atoms with Gasteiger partial charge in [-0.15, -0.1) is 0 Å². The van der Waals surface area contributed by atoms with Gasteiger partial charge in [0.1, 0.15) is 11.4 Å². The molecule has 5 heteroatoms. The molecule has 1 N–H and O–H groups in total. The number of benzene rings is 1. The minimum Gasteiger partial charge on any atom is -0.497 e. The van der Waals surface area contributed by atoms with E-state index >= 15 is 0 Å². The number of amides is 1. The molecule has 2 aromatic rings. The van der Waals surface area contributed by atoms with E-state index in [0.29, 0.717) is 5.76 Å². The molecule has 0 radical (unpaired) electrons. The molecule has 3 rings (SSSR count). The second kappa shape index (κ2) is 6.01. The molecule has 21 heavy (non-hydrogen) atoms. The van der Waals surface area contributed by atoms with Crippen LogP contribution in [-0.2, 0) is 0 Å². The molecule has 1 aromatic carbocycles. The Morgan fingerprint density at radius 3 is 2.48 bits per heavy atom. The predicted octanol–water partition coefficient (Wildman–Crippen LogP) is 0.961. The minimum atomic E-state index is -0.0196. The fourth-order valence-corrected chi connectivity index (χ4v) is 2.65. The van der Waals surface area contributed by atoms with Gasteiger partial charge in [0.25, 0.3) is 5.91 Å². The van der Waals surface area contributed by atoms with Crippen molar-refractivity contribution in [2.45, 2.75) is 0 Å². The standard InChI is InChI=1S/C16H18N2O3/c1-20-14-6-4-13(5-7-14)17-8-10-18(11-9-17)16(19)15-3-2-12-21-15/h2-7,12H,8-11H2,1H3/p+1. The van der Waals surface area contributed by atoms with Gasteiger partial charge in [-0.3, -0.25) is 9.69 Å². The van der Waals surface area contributed by atoms with Crippen LogP contribution in [0.25, 0.3) is 0 Å². The number of hydrogen-bond donors (Lipinski definition) is 1. The van der Waals surface area contributed by atoms with Crippen molar-refractivity contribution in [3.05, 3.63) is 48.4 Å². The van der Waals surface area contributed by atoms with E-state index in [4.69, 9.17) is 9.15 Å². The van der Waals surface area contributed by atoms with Gasteiger partial charge in [-0.05, 0) is 24.3 Å². The lowest BCUT2D eigenvalue weighted by Crippen LogP contribution is -3.10. The number of carbonyl (C=O) groups is 1. The maximum atomic E-state index is 12.2. The van der Waals surface area contributed by atoms with E-state index in [9.17, 15) is 4.79 Å². The lowest BCUT2D eigenvalue weighted by molar-refractivity contribution is -0.837. The Kier molecular flexibility index (Phi) is 3.92. The normalized spacial score (nSPS) is 16.0. The van der Waals surface area contributed by atoms with E-state index in [-0.39, 0.29) is 5.91 Å². The summed E-state index contributed by atoms with van der Waals surface area (Å²) in [5.41, 5.74) is 1.24. The predicted molar refractivity (Wildman–Crippen MR) is 78.0 cm³/mol. The number of ether oxygens (including phenoxy) is 1. The van der Waals surface area contributed by atoms with Crippen LogP contribution in [0, 0.1) is 0 Å². The van der Waals surface area contributed by atoms with E-state index < -0.39 is 0 Å². The molecule has 0 bridgehead atoms. The average Bonchev–Trinajstić information content (AvgIpc) is 3.09. The highest BCUT2D eigenvalue weighted by Gasteiger charge is 2.26. The van der Waals surface area contributed by atoms with Crippen LogP contribution in [0.2, 0.25) is 0 Å². The first-order valence-electron chi connectivity index (χ1n) is 7.10. The summed E-state index contributed by atoms with van der Waals surface area (Å²) in [4.78, 5) is 15.4. The Balaban J connectivity index is 1.60. The van der Waals surface area contributed by atoms with Gasteiger partial charge in [0.05, 0.1) is 39.6 Å². The summed E-state index contributed by atoms with van der Waals surface area (Å²) in [7, 11) is 1.67. The van der Waals surface area contributed by atoms with Gasteiger partial charge in [-0.25, -0.2) is 0 Å². The van der Waals surface area contributed by atoms with E-state index in [1.807, 2.05) is 17.0 Å². The first kappa shape index (κ1) is 13.7. The van der Waals surface area contributed by atoms with E-state index in [1.54, 1.807) is 19.2 Å². The molecule has 1 fully saturated rings. The van der Waals surface area contributed by atoms with Gasteiger partial charge in [0, 0.05) is 12.1 Å². The van der Waals surface area contributed by atoms with Gasteiger partial charge in [-0.1, -0.05) is 0 Å². The van der Waals surface area contributed by atoms with Crippen molar-refractivity contribution in [2.24, 2.45) is 0 Å². The van der Waals surface area contributed by atoms with E-state index in [2.05, 4.69) is 12.1 Å². The van der Waals surface area contributed by atoms with E-state index in [0.717, 1.165) is 31.9 Å². The first-order valence-corrected chi connectivity index (χ1v) is 7.10. The fraction of sp³-hybridized carbons (Fsp3) is 0.312. The zero-order chi connectivity index (χ0) is 14.7. The Morgan fingerprint density at radius 1 is 1.19 bits per heavy atom. The van der Waals surface area contributed by atoms with Crippen LogP contribution in [0.1, 0.15) is 10.6 Å². The summed E-state index contributed by atoms with van der Waals surface area (Å²) in [6.07, 6.45) is 1.53. The van der Waals surface area contributed by atoms with Gasteiger partial charge in [0.15, 0.2) is 5.76 Å². The quantitative estimate of drug-likeness (QED) is 0.915. The summed E-state index contributed by atoms with van der Waals surface area (Å²) >= 11 is 0. The van der Waals surface area contributed by atoms with Crippen molar-refractivity contribution < 1.29 is 18.8 Å². The molecule has 0 atom stereocenters. The maximum Gasteiger partial charge on any atom is 0.289 e. The molecule has 0 saturated carbocycles. The van der Waals surface area contributed by atoms with Crippen LogP contribution >= 0.6 is 0 Å². The van der Waals surface area contributed by atoms with Crippen molar-refractivity contribution >= 4 is 11.6 Å². The van der Waals surface area contributed by atoms with Crippen LogP contribution in [0.15, 0.2) is 47.1 Å². The van der Waals surface area contributed by atoms with Gasteiger partial charge in [-0.2, -0.15) is 0 Å². The summed E-state index contributed by atoms with van der Waals surface area (Å²) in [5.74, 6) is 1.27. The Labute approximate surface area is 123 Å². The van der Waals surface area contributed by atoms with Gasteiger partial charge < -0.3 is 14.1 Å². The molecule has 1 aliphatic heterocycles. The largest absolute Gasteiger partial charge is 0.497 e. The van der Waals surface area contributed by atoms with Crippen molar-refractivity contribution in [3.8, 4) is 5.75 Å². The number of nitrogens with one attached hydrogen (secondary N) is 1. The Hall–Kier alpha value is -2.27. The summed E-state index contributed by atoms with van der Waals surface area (Å²) in [6, 6.07) is 11.6. The smallest absolute Gasteiger partial charge is 0.289 e. The molecule has 2 heterocycles. The van der Waals surface area contributed by atoms with Crippen molar-refractivity contribution in [3.63, 3.8) is 0 Å². The molecule has 1 aromatic heterocycles. The first-order chi connectivity index (χ1) is 10.3. The number of piperazine rings is 1. The van der Waals surface area contributed by atoms with Gasteiger partial charge in [0.2, 0.25) is 0 Å². The Bertz CT molecular complexity index is 584. The van der Waals surface area contributed by atoms with Crippen LogP contribution < -0.4 is 9.64 Å². The highest BCUT2D eigenvalue weighted by molar-refractivity contribution is 5.91. The minimum absolute atomic E-state index is 0.0196. The van der Waals surface area contributed by atoms with E-state index in [1.165, 1.54) is 16.9 Å². The molecule has 1 saturated heterocycles. The molecule has 1 amide bonds. The Morgan fingerprint density at radius 2 is 1.90 bits per heavy atom. The molecule has 5 nitrogen and oxygen atoms in total. The molecule has 1 aliphatic rings. The number of furan rings is 1. The van der Waals surface area contributed by atoms with Crippen LogP contribution in [-0.4, -0.2) is 44.1 Å². The van der Waals surface area contributed by atoms with Gasteiger partial charge >= 0.3 is 0 Å². The summed E-state index contributed by atoms with van der Waals surface area (Å²) in [5, 5.41) is 0. The van der Waals surface area contributed by atoms with Crippen LogP contribution in [0.4, 0.5) is 5.69 Å². The molecule has 0 unspecified atom stereocenters. The second-order valence-electron chi connectivity index (χ2n) is 5.10. The topological polar surface area (TPSA) is 47.1 Å². The van der Waals surface area contributed by atoms with Crippen molar-refractivity contribution in [2.75, 3.05) is 33.3 Å². The second-order valence-corrected chi connectivity index (χ2v) is 5.10. The number of methoxy groups -OCH3 is 1. The zero-order valence-corrected chi connectivity index (χ0v) is 12.0. The average molecular weight is 287 g/mol. The zero-order valence-electron chi connectivity index (χ0n) is 12.0. The third kappa shape index (κ3) is 2.92. The lowest BCUT2D eigenvalue weighted by atomic mass is 10.2. The van der Waals surface area contributed by atoms with Crippen molar-refractivity contribution in [1.29, 1.82) is 0 Å². The molecular weight excluding hydrogens is 268 g/mol. The lowest BCUT2D eigenvalue weighted by Gasteiger charge is -2.31. The third-order valence-electron chi connectivity index (χ3n) is 3.88. The number of hydrogen-bond acceptors (Lipinski definition) is 3. The summed E-state index contributed by atoms with van der Waals surface area (Å²) < 4.78 is 10.3. The summed E-state index contributed by atoms with van der Waals surface area (Å²) in [6.45, 7) is 3.28. The highest BCUT2D eigenvalue weighted by Crippen LogP contribution is 2.13. The number of carbonyl (C=O) groups excluding carboxylic acids is 1.